The SMILES string of the molecule is CC1CC(C(=O)NCC2CCN(Cc3nc4ccccc4[nH]3)C2)NN1. The van der Waals surface area contributed by atoms with Gasteiger partial charge in [-0.1, -0.05) is 12.1 Å². The summed E-state index contributed by atoms with van der Waals surface area (Å²) in [5.74, 6) is 1.63. The lowest BCUT2D eigenvalue weighted by molar-refractivity contribution is -0.123. The number of H-pyrrole nitrogens is 1. The van der Waals surface area contributed by atoms with Gasteiger partial charge in [0.25, 0.3) is 0 Å². The van der Waals surface area contributed by atoms with Gasteiger partial charge in [0.1, 0.15) is 11.9 Å². The fourth-order valence-electron chi connectivity index (χ4n) is 3.77. The molecule has 7 heteroatoms. The number of likely N-dealkylation sites (tertiary alicyclic amines) is 1. The molecule has 3 unspecified atom stereocenters. The Morgan fingerprint density at radius 3 is 3.04 bits per heavy atom. The Hall–Kier alpha value is -1.96. The van der Waals surface area contributed by atoms with E-state index in [1.807, 2.05) is 18.2 Å². The molecule has 2 aromatic rings. The van der Waals surface area contributed by atoms with Gasteiger partial charge in [-0.2, -0.15) is 0 Å². The molecule has 3 atom stereocenters. The van der Waals surface area contributed by atoms with Crippen LogP contribution in [0.4, 0.5) is 0 Å². The van der Waals surface area contributed by atoms with Crippen molar-refractivity contribution in [2.75, 3.05) is 19.6 Å². The van der Waals surface area contributed by atoms with E-state index in [2.05, 4.69) is 44.0 Å². The number of carbonyl (C=O) groups excluding carboxylic acids is 1. The number of aromatic amines is 1. The molecule has 0 spiro atoms. The maximum Gasteiger partial charge on any atom is 0.238 e. The second kappa shape index (κ2) is 7.11. The number of nitrogens with zero attached hydrogens (tertiary/aromatic N) is 2. The standard InChI is InChI=1S/C18H26N6O/c1-12-8-16(23-22-12)18(25)19-9-13-6-7-24(10-13)11-17-20-14-4-2-3-5-15(14)21-17/h2-5,12-13,16,22-23H,6-11H2,1H3,(H,19,25)(H,20,21). The Kier molecular flexibility index (Phi) is 4.70. The van der Waals surface area contributed by atoms with E-state index >= 15 is 0 Å². The summed E-state index contributed by atoms with van der Waals surface area (Å²) < 4.78 is 0. The quantitative estimate of drug-likeness (QED) is 0.645. The molecule has 25 heavy (non-hydrogen) atoms. The van der Waals surface area contributed by atoms with Crippen LogP contribution in [0.1, 0.15) is 25.6 Å². The van der Waals surface area contributed by atoms with Crippen molar-refractivity contribution in [1.29, 1.82) is 0 Å². The van der Waals surface area contributed by atoms with E-state index in [0.29, 0.717) is 12.0 Å². The van der Waals surface area contributed by atoms with Crippen LogP contribution in [0.2, 0.25) is 0 Å². The van der Waals surface area contributed by atoms with Crippen LogP contribution in [0.15, 0.2) is 24.3 Å². The van der Waals surface area contributed by atoms with Gasteiger partial charge >= 0.3 is 0 Å². The van der Waals surface area contributed by atoms with Crippen LogP contribution in [-0.2, 0) is 11.3 Å². The zero-order valence-electron chi connectivity index (χ0n) is 14.6. The summed E-state index contributed by atoms with van der Waals surface area (Å²) in [6.07, 6.45) is 1.96. The normalized spacial score (nSPS) is 27.2. The number of imidazole rings is 1. The zero-order chi connectivity index (χ0) is 17.2. The van der Waals surface area contributed by atoms with Crippen molar-refractivity contribution in [3.63, 3.8) is 0 Å². The molecule has 4 N–H and O–H groups in total. The van der Waals surface area contributed by atoms with Crippen molar-refractivity contribution < 1.29 is 4.79 Å². The van der Waals surface area contributed by atoms with E-state index in [1.54, 1.807) is 0 Å². The number of fused-ring (bicyclic) bond motifs is 1. The van der Waals surface area contributed by atoms with Crippen LogP contribution in [0.5, 0.6) is 0 Å². The largest absolute Gasteiger partial charge is 0.354 e. The predicted octanol–water partition coefficient (Wildman–Crippen LogP) is 0.756. The van der Waals surface area contributed by atoms with Crippen LogP contribution in [0, 0.1) is 5.92 Å². The average Bonchev–Trinajstić information content (AvgIpc) is 3.32. The lowest BCUT2D eigenvalue weighted by Gasteiger charge is -2.16. The summed E-state index contributed by atoms with van der Waals surface area (Å²) in [7, 11) is 0. The lowest BCUT2D eigenvalue weighted by atomic mass is 10.1. The number of nitrogens with one attached hydrogen (secondary N) is 4. The Labute approximate surface area is 147 Å². The number of rotatable bonds is 5. The number of hydrazine groups is 1. The second-order valence-electron chi connectivity index (χ2n) is 7.31. The molecule has 1 amide bonds. The third kappa shape index (κ3) is 3.84. The monoisotopic (exact) mass is 342 g/mol. The van der Waals surface area contributed by atoms with Gasteiger partial charge in [0.05, 0.1) is 17.6 Å². The summed E-state index contributed by atoms with van der Waals surface area (Å²) in [6.45, 7) is 5.72. The highest BCUT2D eigenvalue weighted by Gasteiger charge is 2.28. The van der Waals surface area contributed by atoms with E-state index in [-0.39, 0.29) is 11.9 Å². The third-order valence-corrected chi connectivity index (χ3v) is 5.16. The molecule has 3 heterocycles. The number of aromatic nitrogens is 2. The van der Waals surface area contributed by atoms with Gasteiger partial charge < -0.3 is 10.3 Å². The fourth-order valence-corrected chi connectivity index (χ4v) is 3.77. The second-order valence-corrected chi connectivity index (χ2v) is 7.31. The summed E-state index contributed by atoms with van der Waals surface area (Å²) >= 11 is 0. The van der Waals surface area contributed by atoms with Crippen molar-refractivity contribution in [2.24, 2.45) is 5.92 Å². The fraction of sp³-hybridized carbons (Fsp3) is 0.556. The van der Waals surface area contributed by atoms with Crippen LogP contribution < -0.4 is 16.2 Å². The third-order valence-electron chi connectivity index (χ3n) is 5.16. The first kappa shape index (κ1) is 16.5. The van der Waals surface area contributed by atoms with Crippen LogP contribution in [-0.4, -0.2) is 52.5 Å². The van der Waals surface area contributed by atoms with Crippen molar-refractivity contribution >= 4 is 16.9 Å². The number of carbonyl (C=O) groups is 1. The van der Waals surface area contributed by atoms with Crippen molar-refractivity contribution in [2.45, 2.75) is 38.4 Å². The Balaban J connectivity index is 1.24. The first-order valence-electron chi connectivity index (χ1n) is 9.12. The predicted molar refractivity (Wildman–Crippen MR) is 96.6 cm³/mol. The van der Waals surface area contributed by atoms with Gasteiger partial charge in [0.2, 0.25) is 5.91 Å². The highest BCUT2D eigenvalue weighted by molar-refractivity contribution is 5.82. The number of hydrogen-bond donors (Lipinski definition) is 4. The molecule has 7 nitrogen and oxygen atoms in total. The summed E-state index contributed by atoms with van der Waals surface area (Å²) in [6, 6.07) is 8.36. The molecule has 0 radical (unpaired) electrons. The smallest absolute Gasteiger partial charge is 0.238 e. The number of amides is 1. The molecule has 0 aliphatic carbocycles. The molecule has 0 saturated carbocycles. The molecule has 1 aromatic heterocycles. The molecule has 2 aliphatic heterocycles. The minimum Gasteiger partial charge on any atom is -0.354 e. The van der Waals surface area contributed by atoms with Gasteiger partial charge in [-0.15, -0.1) is 0 Å². The lowest BCUT2D eigenvalue weighted by Crippen LogP contribution is -2.44. The highest BCUT2D eigenvalue weighted by Crippen LogP contribution is 2.19. The molecular formula is C18H26N6O. The van der Waals surface area contributed by atoms with Gasteiger partial charge in [0, 0.05) is 19.1 Å². The van der Waals surface area contributed by atoms with Crippen molar-refractivity contribution in [1.82, 2.24) is 31.0 Å². The first-order chi connectivity index (χ1) is 12.2. The van der Waals surface area contributed by atoms with E-state index < -0.39 is 0 Å². The van der Waals surface area contributed by atoms with E-state index in [9.17, 15) is 4.79 Å². The van der Waals surface area contributed by atoms with Gasteiger partial charge in [-0.25, -0.2) is 10.4 Å². The first-order valence-corrected chi connectivity index (χ1v) is 9.12. The number of hydrogen-bond acceptors (Lipinski definition) is 5. The molecule has 0 bridgehead atoms. The topological polar surface area (TPSA) is 85.1 Å². The van der Waals surface area contributed by atoms with Crippen molar-refractivity contribution in [3.8, 4) is 0 Å². The van der Waals surface area contributed by atoms with E-state index in [1.165, 1.54) is 0 Å². The van der Waals surface area contributed by atoms with E-state index in [4.69, 9.17) is 0 Å². The molecule has 2 fully saturated rings. The highest BCUT2D eigenvalue weighted by atomic mass is 16.2. The summed E-state index contributed by atoms with van der Waals surface area (Å²) in [5, 5.41) is 3.10. The molecule has 1 aromatic carbocycles. The molecule has 134 valence electrons. The Morgan fingerprint density at radius 2 is 2.24 bits per heavy atom. The van der Waals surface area contributed by atoms with Crippen LogP contribution in [0.25, 0.3) is 11.0 Å². The summed E-state index contributed by atoms with van der Waals surface area (Å²) in [5.41, 5.74) is 8.26. The maximum absolute atomic E-state index is 12.2. The van der Waals surface area contributed by atoms with Gasteiger partial charge in [0.15, 0.2) is 0 Å². The van der Waals surface area contributed by atoms with Crippen LogP contribution >= 0.6 is 0 Å². The summed E-state index contributed by atoms with van der Waals surface area (Å²) in [4.78, 5) is 22.6. The van der Waals surface area contributed by atoms with Gasteiger partial charge in [-0.3, -0.25) is 15.1 Å². The molecule has 2 saturated heterocycles. The van der Waals surface area contributed by atoms with E-state index in [0.717, 1.165) is 55.9 Å². The minimum absolute atomic E-state index is 0.104. The molecule has 4 rings (SSSR count). The Bertz CT molecular complexity index is 711. The number of benzene rings is 1. The minimum atomic E-state index is -0.108. The maximum atomic E-state index is 12.2. The average molecular weight is 342 g/mol. The van der Waals surface area contributed by atoms with Gasteiger partial charge in [-0.05, 0) is 44.4 Å². The van der Waals surface area contributed by atoms with Crippen LogP contribution in [0.3, 0.4) is 0 Å². The van der Waals surface area contributed by atoms with Crippen molar-refractivity contribution in [3.05, 3.63) is 30.1 Å². The Morgan fingerprint density at radius 1 is 1.36 bits per heavy atom. The molecular weight excluding hydrogens is 316 g/mol. The molecule has 2 aliphatic rings. The number of para-hydroxylation sites is 2. The zero-order valence-corrected chi connectivity index (χ0v) is 14.6.